The van der Waals surface area contributed by atoms with E-state index in [1.54, 1.807) is 0 Å². The van der Waals surface area contributed by atoms with Gasteiger partial charge in [0.15, 0.2) is 17.3 Å². The van der Waals surface area contributed by atoms with Gasteiger partial charge in [0.2, 0.25) is 5.95 Å². The van der Waals surface area contributed by atoms with Gasteiger partial charge >= 0.3 is 12.1 Å². The van der Waals surface area contributed by atoms with Gasteiger partial charge in [0.25, 0.3) is 0 Å². The third-order valence-electron chi connectivity index (χ3n) is 2.49. The Labute approximate surface area is 119 Å². The van der Waals surface area contributed by atoms with Gasteiger partial charge in [-0.1, -0.05) is 6.07 Å². The van der Waals surface area contributed by atoms with Crippen LogP contribution < -0.4 is 5.32 Å². The number of aromatic carboxylic acids is 1. The normalized spacial score (nSPS) is 11.3. The predicted octanol–water partition coefficient (Wildman–Crippen LogP) is 3.22. The quantitative estimate of drug-likeness (QED) is 0.850. The molecule has 0 unspecified atom stereocenters. The molecule has 0 fully saturated rings. The number of nitrogens with one attached hydrogen (secondary N) is 1. The van der Waals surface area contributed by atoms with Crippen LogP contribution in [0.5, 0.6) is 0 Å². The van der Waals surface area contributed by atoms with Crippen LogP contribution in [0.25, 0.3) is 0 Å². The van der Waals surface area contributed by atoms with Crippen LogP contribution in [0.2, 0.25) is 0 Å². The Bertz CT molecular complexity index is 733. The fourth-order valence-electron chi connectivity index (χ4n) is 1.54. The molecule has 0 radical (unpaired) electrons. The number of benzene rings is 1. The third kappa shape index (κ3) is 3.10. The van der Waals surface area contributed by atoms with Crippen molar-refractivity contribution in [3.63, 3.8) is 0 Å². The van der Waals surface area contributed by atoms with Gasteiger partial charge < -0.3 is 10.4 Å². The summed E-state index contributed by atoms with van der Waals surface area (Å²) in [5.74, 6) is -5.14. The van der Waals surface area contributed by atoms with Crippen molar-refractivity contribution >= 4 is 17.6 Å². The summed E-state index contributed by atoms with van der Waals surface area (Å²) in [6.07, 6.45) is -4.62. The summed E-state index contributed by atoms with van der Waals surface area (Å²) in [4.78, 5) is 17.1. The van der Waals surface area contributed by atoms with E-state index in [4.69, 9.17) is 5.11 Å². The summed E-state index contributed by atoms with van der Waals surface area (Å²) >= 11 is 0. The molecular formula is C12H6F5N3O2. The van der Waals surface area contributed by atoms with Gasteiger partial charge in [0.05, 0.1) is 5.69 Å². The second-order valence-electron chi connectivity index (χ2n) is 3.99. The molecule has 0 bridgehead atoms. The molecule has 2 aromatic rings. The van der Waals surface area contributed by atoms with Gasteiger partial charge in [0.1, 0.15) is 5.56 Å². The molecule has 0 saturated carbocycles. The zero-order valence-electron chi connectivity index (χ0n) is 10.4. The van der Waals surface area contributed by atoms with Crippen molar-refractivity contribution < 1.29 is 31.9 Å². The molecule has 2 N–H and O–H groups in total. The van der Waals surface area contributed by atoms with Crippen molar-refractivity contribution in [1.29, 1.82) is 0 Å². The molecule has 5 nitrogen and oxygen atoms in total. The van der Waals surface area contributed by atoms with E-state index in [-0.39, 0.29) is 0 Å². The lowest BCUT2D eigenvalue weighted by atomic mass is 10.2. The highest BCUT2D eigenvalue weighted by molar-refractivity contribution is 5.88. The molecule has 0 atom stereocenters. The fraction of sp³-hybridized carbons (Fsp3) is 0.0833. The first-order valence-electron chi connectivity index (χ1n) is 5.58. The van der Waals surface area contributed by atoms with E-state index in [0.717, 1.165) is 18.2 Å². The largest absolute Gasteiger partial charge is 0.478 e. The molecular weight excluding hydrogens is 313 g/mol. The first kappa shape index (κ1) is 15.6. The highest BCUT2D eigenvalue weighted by Crippen LogP contribution is 2.31. The van der Waals surface area contributed by atoms with E-state index in [1.807, 2.05) is 0 Å². The Balaban J connectivity index is 2.45. The number of anilines is 2. The first-order valence-corrected chi connectivity index (χ1v) is 5.58. The minimum absolute atomic E-state index is 0.428. The number of alkyl halides is 3. The highest BCUT2D eigenvalue weighted by atomic mass is 19.4. The molecule has 0 aliphatic rings. The second kappa shape index (κ2) is 5.54. The standard InChI is InChI=1S/C12H6F5N3O2/c13-6-2-1-3-7(8(6)14)19-11-18-4-5(10(21)22)9(20-11)12(15,16)17/h1-4H,(H,21,22)(H,18,19,20). The number of carbonyl (C=O) groups is 1. The lowest BCUT2D eigenvalue weighted by Crippen LogP contribution is -2.17. The maximum Gasteiger partial charge on any atom is 0.434 e. The topological polar surface area (TPSA) is 75.1 Å². The summed E-state index contributed by atoms with van der Waals surface area (Å²) in [6, 6.07) is 2.99. The SMILES string of the molecule is O=C(O)c1cnc(Nc2cccc(F)c2F)nc1C(F)(F)F. The lowest BCUT2D eigenvalue weighted by Gasteiger charge is -2.11. The van der Waals surface area contributed by atoms with Gasteiger partial charge in [-0.05, 0) is 12.1 Å². The molecule has 22 heavy (non-hydrogen) atoms. The Morgan fingerprint density at radius 2 is 1.91 bits per heavy atom. The molecule has 1 aromatic heterocycles. The maximum absolute atomic E-state index is 13.4. The Morgan fingerprint density at radius 3 is 2.50 bits per heavy atom. The number of halogens is 5. The first-order chi connectivity index (χ1) is 10.2. The summed E-state index contributed by atoms with van der Waals surface area (Å²) in [5.41, 5.74) is -3.34. The minimum Gasteiger partial charge on any atom is -0.478 e. The van der Waals surface area contributed by atoms with Crippen molar-refractivity contribution in [2.75, 3.05) is 5.32 Å². The van der Waals surface area contributed by atoms with E-state index in [0.29, 0.717) is 6.20 Å². The minimum atomic E-state index is -5.05. The van der Waals surface area contributed by atoms with Crippen LogP contribution in [-0.4, -0.2) is 21.0 Å². The van der Waals surface area contributed by atoms with Crippen LogP contribution in [0.4, 0.5) is 33.6 Å². The molecule has 1 aromatic carbocycles. The Morgan fingerprint density at radius 1 is 1.23 bits per heavy atom. The average molecular weight is 319 g/mol. The molecule has 2 rings (SSSR count). The van der Waals surface area contributed by atoms with Gasteiger partial charge in [-0.2, -0.15) is 13.2 Å². The molecule has 0 amide bonds. The highest BCUT2D eigenvalue weighted by Gasteiger charge is 2.38. The van der Waals surface area contributed by atoms with Crippen LogP contribution in [-0.2, 0) is 6.18 Å². The summed E-state index contributed by atoms with van der Waals surface area (Å²) in [6.45, 7) is 0. The number of rotatable bonds is 3. The number of hydrogen-bond donors (Lipinski definition) is 2. The molecule has 0 aliphatic heterocycles. The molecule has 0 saturated heterocycles. The van der Waals surface area contributed by atoms with E-state index in [9.17, 15) is 26.7 Å². The molecule has 116 valence electrons. The summed E-state index contributed by atoms with van der Waals surface area (Å²) in [5, 5.41) is 10.7. The fourth-order valence-corrected chi connectivity index (χ4v) is 1.54. The molecule has 10 heteroatoms. The second-order valence-corrected chi connectivity index (χ2v) is 3.99. The monoisotopic (exact) mass is 319 g/mol. The van der Waals surface area contributed by atoms with E-state index in [2.05, 4.69) is 15.3 Å². The van der Waals surface area contributed by atoms with E-state index in [1.165, 1.54) is 0 Å². The van der Waals surface area contributed by atoms with Crippen molar-refractivity contribution in [2.24, 2.45) is 0 Å². The van der Waals surface area contributed by atoms with Crippen LogP contribution in [0.15, 0.2) is 24.4 Å². The van der Waals surface area contributed by atoms with E-state index >= 15 is 0 Å². The molecule has 1 heterocycles. The Kier molecular flexibility index (Phi) is 3.93. The predicted molar refractivity (Wildman–Crippen MR) is 63.6 cm³/mol. The van der Waals surface area contributed by atoms with Crippen LogP contribution in [0.1, 0.15) is 16.1 Å². The van der Waals surface area contributed by atoms with Gasteiger partial charge in [-0.15, -0.1) is 0 Å². The number of carboxylic acid groups (broad SMARTS) is 1. The molecule has 0 aliphatic carbocycles. The average Bonchev–Trinajstić information content (AvgIpc) is 2.42. The van der Waals surface area contributed by atoms with E-state index < -0.39 is 46.7 Å². The zero-order valence-corrected chi connectivity index (χ0v) is 10.4. The maximum atomic E-state index is 13.4. The number of carboxylic acids is 1. The van der Waals surface area contributed by atoms with Crippen LogP contribution >= 0.6 is 0 Å². The molecule has 0 spiro atoms. The van der Waals surface area contributed by atoms with Crippen molar-refractivity contribution in [1.82, 2.24) is 9.97 Å². The summed E-state index contributed by atoms with van der Waals surface area (Å²) in [7, 11) is 0. The van der Waals surface area contributed by atoms with Crippen molar-refractivity contribution in [3.05, 3.63) is 47.3 Å². The van der Waals surface area contributed by atoms with Crippen molar-refractivity contribution in [2.45, 2.75) is 6.18 Å². The van der Waals surface area contributed by atoms with Crippen LogP contribution in [0, 0.1) is 11.6 Å². The zero-order chi connectivity index (χ0) is 16.5. The van der Waals surface area contributed by atoms with Gasteiger partial charge in [-0.25, -0.2) is 23.5 Å². The Hall–Kier alpha value is -2.78. The van der Waals surface area contributed by atoms with Crippen LogP contribution in [0.3, 0.4) is 0 Å². The number of hydrogen-bond acceptors (Lipinski definition) is 4. The lowest BCUT2D eigenvalue weighted by molar-refractivity contribution is -0.141. The smallest absolute Gasteiger partial charge is 0.434 e. The number of nitrogens with zero attached hydrogens (tertiary/aromatic N) is 2. The third-order valence-corrected chi connectivity index (χ3v) is 2.49. The summed E-state index contributed by atoms with van der Waals surface area (Å²) < 4.78 is 64.7. The number of aromatic nitrogens is 2. The van der Waals surface area contributed by atoms with Gasteiger partial charge in [-0.3, -0.25) is 0 Å². The van der Waals surface area contributed by atoms with Crippen molar-refractivity contribution in [3.8, 4) is 0 Å². The van der Waals surface area contributed by atoms with Gasteiger partial charge in [0, 0.05) is 6.20 Å².